The molecule has 0 aliphatic carbocycles. The fraction of sp³-hybridized carbons (Fsp3) is 0.455. The van der Waals surface area contributed by atoms with Crippen molar-refractivity contribution < 1.29 is 19.1 Å². The zero-order chi connectivity index (χ0) is 12.8. The Balaban J connectivity index is 2.33. The van der Waals surface area contributed by atoms with Crippen molar-refractivity contribution in [3.8, 4) is 0 Å². The minimum absolute atomic E-state index is 0.0678. The summed E-state index contributed by atoms with van der Waals surface area (Å²) < 4.78 is 5.37. The predicted octanol–water partition coefficient (Wildman–Crippen LogP) is 1.58. The zero-order valence-electron chi connectivity index (χ0n) is 9.73. The van der Waals surface area contributed by atoms with E-state index in [-0.39, 0.29) is 23.5 Å². The molecule has 1 heterocycles. The fourth-order valence-electron chi connectivity index (χ4n) is 1.27. The van der Waals surface area contributed by atoms with E-state index in [1.54, 1.807) is 0 Å². The molecule has 17 heavy (non-hydrogen) atoms. The van der Waals surface area contributed by atoms with Crippen molar-refractivity contribution in [1.82, 2.24) is 5.32 Å². The lowest BCUT2D eigenvalue weighted by atomic mass is 10.2. The first kappa shape index (κ1) is 13.6. The van der Waals surface area contributed by atoms with Gasteiger partial charge in [0, 0.05) is 0 Å². The van der Waals surface area contributed by atoms with Crippen LogP contribution in [-0.2, 0) is 9.59 Å². The van der Waals surface area contributed by atoms with Crippen molar-refractivity contribution >= 4 is 23.6 Å². The van der Waals surface area contributed by atoms with E-state index in [1.165, 1.54) is 0 Å². The van der Waals surface area contributed by atoms with Gasteiger partial charge in [-0.3, -0.25) is 9.59 Å². The number of furan rings is 1. The molecule has 0 fully saturated rings. The predicted molar refractivity (Wildman–Crippen MR) is 65.0 cm³/mol. The second-order valence-electron chi connectivity index (χ2n) is 3.62. The molecule has 6 heteroatoms. The fourth-order valence-corrected chi connectivity index (χ4v) is 1.82. The van der Waals surface area contributed by atoms with Crippen LogP contribution in [0.25, 0.3) is 0 Å². The maximum Gasteiger partial charge on any atom is 0.313 e. The molecule has 0 aromatic carbocycles. The van der Waals surface area contributed by atoms with Crippen molar-refractivity contribution in [3.05, 3.63) is 23.7 Å². The number of carbonyl (C=O) groups is 2. The van der Waals surface area contributed by atoms with Crippen LogP contribution in [0.4, 0.5) is 0 Å². The van der Waals surface area contributed by atoms with E-state index in [4.69, 9.17) is 9.52 Å². The zero-order valence-corrected chi connectivity index (χ0v) is 10.5. The van der Waals surface area contributed by atoms with Crippen molar-refractivity contribution in [1.29, 1.82) is 0 Å². The Morgan fingerprint density at radius 1 is 1.47 bits per heavy atom. The molecule has 0 bridgehead atoms. The number of carboxylic acid groups (broad SMARTS) is 1. The van der Waals surface area contributed by atoms with Crippen LogP contribution in [0.15, 0.2) is 16.5 Å². The van der Waals surface area contributed by atoms with Gasteiger partial charge in [-0.05, 0) is 26.0 Å². The largest absolute Gasteiger partial charge is 0.481 e. The van der Waals surface area contributed by atoms with Crippen molar-refractivity contribution in [3.63, 3.8) is 0 Å². The van der Waals surface area contributed by atoms with Crippen LogP contribution in [-0.4, -0.2) is 28.5 Å². The van der Waals surface area contributed by atoms with Gasteiger partial charge in [0.2, 0.25) is 5.91 Å². The summed E-state index contributed by atoms with van der Waals surface area (Å²) in [5.41, 5.74) is 0. The molecular weight excluding hydrogens is 242 g/mol. The van der Waals surface area contributed by atoms with Gasteiger partial charge in [-0.2, -0.15) is 0 Å². The summed E-state index contributed by atoms with van der Waals surface area (Å²) in [7, 11) is 0. The molecular formula is C11H15NO4S. The second-order valence-corrected chi connectivity index (χ2v) is 4.61. The third-order valence-corrected chi connectivity index (χ3v) is 2.94. The molecule has 0 saturated heterocycles. The lowest BCUT2D eigenvalue weighted by molar-refractivity contribution is -0.133. The number of rotatable bonds is 6. The van der Waals surface area contributed by atoms with Crippen LogP contribution in [0.3, 0.4) is 0 Å². The molecule has 1 unspecified atom stereocenters. The summed E-state index contributed by atoms with van der Waals surface area (Å²) in [4.78, 5) is 21.7. The van der Waals surface area contributed by atoms with Crippen molar-refractivity contribution in [2.24, 2.45) is 0 Å². The molecule has 1 aromatic heterocycles. The maximum absolute atomic E-state index is 11.4. The summed E-state index contributed by atoms with van der Waals surface area (Å²) in [5.74, 6) is 0.439. The minimum Gasteiger partial charge on any atom is -0.481 e. The first-order valence-corrected chi connectivity index (χ1v) is 6.29. The number of nitrogens with one attached hydrogen (secondary N) is 1. The van der Waals surface area contributed by atoms with Crippen LogP contribution in [0.2, 0.25) is 0 Å². The highest BCUT2D eigenvalue weighted by atomic mass is 32.2. The SMILES string of the molecule is Cc1ccc(C(C)NC(=O)CSCC(=O)O)o1. The quantitative estimate of drug-likeness (QED) is 0.809. The number of hydrogen-bond acceptors (Lipinski definition) is 4. The topological polar surface area (TPSA) is 79.5 Å². The van der Waals surface area contributed by atoms with Gasteiger partial charge in [0.25, 0.3) is 0 Å². The van der Waals surface area contributed by atoms with Gasteiger partial charge >= 0.3 is 5.97 Å². The summed E-state index contributed by atoms with van der Waals surface area (Å²) in [6.07, 6.45) is 0. The number of hydrogen-bond donors (Lipinski definition) is 2. The van der Waals surface area contributed by atoms with Gasteiger partial charge in [0.05, 0.1) is 17.5 Å². The highest BCUT2D eigenvalue weighted by Gasteiger charge is 2.12. The van der Waals surface area contributed by atoms with Crippen LogP contribution < -0.4 is 5.32 Å². The Morgan fingerprint density at radius 2 is 2.18 bits per heavy atom. The molecule has 0 aliphatic heterocycles. The number of carbonyl (C=O) groups excluding carboxylic acids is 1. The van der Waals surface area contributed by atoms with Crippen LogP contribution in [0.1, 0.15) is 24.5 Å². The molecule has 2 N–H and O–H groups in total. The van der Waals surface area contributed by atoms with Crippen molar-refractivity contribution in [2.45, 2.75) is 19.9 Å². The molecule has 0 aliphatic rings. The smallest absolute Gasteiger partial charge is 0.313 e. The Hall–Kier alpha value is -1.43. The first-order chi connectivity index (χ1) is 7.99. The molecule has 0 spiro atoms. The minimum atomic E-state index is -0.919. The Kier molecular flexibility index (Phi) is 5.09. The third-order valence-electron chi connectivity index (χ3n) is 2.02. The average Bonchev–Trinajstić information content (AvgIpc) is 2.64. The normalized spacial score (nSPS) is 12.1. The van der Waals surface area contributed by atoms with Gasteiger partial charge in [-0.15, -0.1) is 11.8 Å². The van der Waals surface area contributed by atoms with Crippen LogP contribution in [0, 0.1) is 6.92 Å². The van der Waals surface area contributed by atoms with Gasteiger partial charge in [-0.25, -0.2) is 0 Å². The molecule has 0 radical (unpaired) electrons. The monoisotopic (exact) mass is 257 g/mol. The molecule has 1 atom stereocenters. The van der Waals surface area contributed by atoms with Crippen molar-refractivity contribution in [2.75, 3.05) is 11.5 Å². The second kappa shape index (κ2) is 6.34. The molecule has 1 aromatic rings. The van der Waals surface area contributed by atoms with Gasteiger partial charge in [0.15, 0.2) is 0 Å². The summed E-state index contributed by atoms with van der Waals surface area (Å²) >= 11 is 1.07. The lowest BCUT2D eigenvalue weighted by Crippen LogP contribution is -2.28. The number of aliphatic carboxylic acids is 1. The highest BCUT2D eigenvalue weighted by Crippen LogP contribution is 2.15. The summed E-state index contributed by atoms with van der Waals surface area (Å²) in [6, 6.07) is 3.43. The van der Waals surface area contributed by atoms with E-state index in [9.17, 15) is 9.59 Å². The Bertz CT molecular complexity index is 402. The van der Waals surface area contributed by atoms with Crippen LogP contribution in [0.5, 0.6) is 0 Å². The Labute approximate surface area is 104 Å². The summed E-state index contributed by atoms with van der Waals surface area (Å²) in [6.45, 7) is 3.65. The summed E-state index contributed by atoms with van der Waals surface area (Å²) in [5, 5.41) is 11.2. The molecule has 94 valence electrons. The number of amides is 1. The first-order valence-electron chi connectivity index (χ1n) is 5.14. The van der Waals surface area contributed by atoms with Gasteiger partial charge in [0.1, 0.15) is 11.5 Å². The van der Waals surface area contributed by atoms with E-state index in [0.29, 0.717) is 5.76 Å². The van der Waals surface area contributed by atoms with E-state index in [2.05, 4.69) is 5.32 Å². The number of carboxylic acids is 1. The third kappa shape index (κ3) is 4.95. The molecule has 5 nitrogen and oxygen atoms in total. The molecule has 1 rings (SSSR count). The lowest BCUT2D eigenvalue weighted by Gasteiger charge is -2.10. The Morgan fingerprint density at radius 3 is 2.71 bits per heavy atom. The van der Waals surface area contributed by atoms with E-state index < -0.39 is 5.97 Å². The molecule has 1 amide bonds. The number of aryl methyl sites for hydroxylation is 1. The van der Waals surface area contributed by atoms with Gasteiger partial charge in [-0.1, -0.05) is 0 Å². The molecule has 0 saturated carbocycles. The van der Waals surface area contributed by atoms with Gasteiger partial charge < -0.3 is 14.8 Å². The average molecular weight is 257 g/mol. The van der Waals surface area contributed by atoms with E-state index >= 15 is 0 Å². The number of thioether (sulfide) groups is 1. The maximum atomic E-state index is 11.4. The van der Waals surface area contributed by atoms with E-state index in [1.807, 2.05) is 26.0 Å². The van der Waals surface area contributed by atoms with E-state index in [0.717, 1.165) is 17.5 Å². The standard InChI is InChI=1S/C11H15NO4S/c1-7-3-4-9(16-7)8(2)12-10(13)5-17-6-11(14)15/h3-4,8H,5-6H2,1-2H3,(H,12,13)(H,14,15). The van der Waals surface area contributed by atoms with Crippen LogP contribution >= 0.6 is 11.8 Å². The highest BCUT2D eigenvalue weighted by molar-refractivity contribution is 8.00.